The molecule has 23 heavy (non-hydrogen) atoms. The number of esters is 1. The third kappa shape index (κ3) is 10.1. The van der Waals surface area contributed by atoms with E-state index in [1.54, 1.807) is 6.08 Å². The standard InChI is InChI=1S/C20H32O3/c1-2-3-4-5-6-7-8-9-10-13-16-19-18(21)15-12-11-14-17-20(22)23-19/h7-10,13,16,18-19,21H,2-6,11-12,14-15,17H2,1H3/b8-7+,10-9+,16-13+/t18-,19-/m1/s1. The van der Waals surface area contributed by atoms with Crippen molar-refractivity contribution in [2.75, 3.05) is 0 Å². The molecule has 3 heteroatoms. The van der Waals surface area contributed by atoms with E-state index in [0.717, 1.165) is 25.7 Å². The first-order valence-corrected chi connectivity index (χ1v) is 9.11. The van der Waals surface area contributed by atoms with Gasteiger partial charge in [-0.1, -0.05) is 69.4 Å². The Hall–Kier alpha value is -1.35. The number of carbonyl (C=O) groups is 1. The molecule has 2 atom stereocenters. The summed E-state index contributed by atoms with van der Waals surface area (Å²) >= 11 is 0. The molecule has 0 aromatic rings. The Bertz CT molecular complexity index is 396. The molecule has 0 amide bonds. The van der Waals surface area contributed by atoms with E-state index in [-0.39, 0.29) is 5.97 Å². The monoisotopic (exact) mass is 320 g/mol. The van der Waals surface area contributed by atoms with Gasteiger partial charge < -0.3 is 9.84 Å². The lowest BCUT2D eigenvalue weighted by molar-refractivity contribution is -0.151. The molecule has 0 spiro atoms. The van der Waals surface area contributed by atoms with Crippen LogP contribution in [0.25, 0.3) is 0 Å². The second kappa shape index (κ2) is 13.1. The minimum atomic E-state index is -0.601. The zero-order valence-corrected chi connectivity index (χ0v) is 14.5. The summed E-state index contributed by atoms with van der Waals surface area (Å²) < 4.78 is 5.34. The Labute approximate surface area is 141 Å². The SMILES string of the molecule is CCCCCC/C=C/C=C/C=C/[C@H]1OC(=O)CCCCC[C@H]1O. The van der Waals surface area contributed by atoms with Crippen LogP contribution in [0.2, 0.25) is 0 Å². The van der Waals surface area contributed by atoms with Crippen molar-refractivity contribution in [1.29, 1.82) is 0 Å². The summed E-state index contributed by atoms with van der Waals surface area (Å²) in [4.78, 5) is 11.6. The average molecular weight is 320 g/mol. The van der Waals surface area contributed by atoms with Gasteiger partial charge in [-0.25, -0.2) is 0 Å². The van der Waals surface area contributed by atoms with Crippen molar-refractivity contribution in [3.05, 3.63) is 36.5 Å². The highest BCUT2D eigenvalue weighted by Crippen LogP contribution is 2.16. The molecule has 0 unspecified atom stereocenters. The molecule has 1 N–H and O–H groups in total. The zero-order valence-electron chi connectivity index (χ0n) is 14.5. The molecular weight excluding hydrogens is 288 g/mol. The van der Waals surface area contributed by atoms with Gasteiger partial charge in [-0.05, 0) is 31.8 Å². The number of cyclic esters (lactones) is 1. The molecule has 1 rings (SSSR count). The van der Waals surface area contributed by atoms with Crippen LogP contribution < -0.4 is 0 Å². The molecular formula is C20H32O3. The van der Waals surface area contributed by atoms with E-state index in [4.69, 9.17) is 4.74 Å². The van der Waals surface area contributed by atoms with Crippen LogP contribution in [0.1, 0.15) is 71.1 Å². The summed E-state index contributed by atoms with van der Waals surface area (Å²) in [5.41, 5.74) is 0. The van der Waals surface area contributed by atoms with Crippen LogP contribution >= 0.6 is 0 Å². The molecule has 1 heterocycles. The van der Waals surface area contributed by atoms with Crippen LogP contribution in [0.15, 0.2) is 36.5 Å². The Morgan fingerprint density at radius 3 is 2.74 bits per heavy atom. The van der Waals surface area contributed by atoms with Crippen molar-refractivity contribution in [2.45, 2.75) is 83.3 Å². The lowest BCUT2D eigenvalue weighted by Crippen LogP contribution is -2.28. The highest BCUT2D eigenvalue weighted by molar-refractivity contribution is 5.69. The maximum Gasteiger partial charge on any atom is 0.306 e. The van der Waals surface area contributed by atoms with E-state index in [1.807, 2.05) is 24.3 Å². The van der Waals surface area contributed by atoms with Crippen molar-refractivity contribution in [1.82, 2.24) is 0 Å². The van der Waals surface area contributed by atoms with Crippen LogP contribution in [0.4, 0.5) is 0 Å². The predicted molar refractivity (Wildman–Crippen MR) is 95.2 cm³/mol. The predicted octanol–water partition coefficient (Wildman–Crippen LogP) is 4.86. The Balaban J connectivity index is 2.33. The molecule has 0 bridgehead atoms. The van der Waals surface area contributed by atoms with Gasteiger partial charge in [0.25, 0.3) is 0 Å². The van der Waals surface area contributed by atoms with Crippen molar-refractivity contribution in [3.8, 4) is 0 Å². The van der Waals surface area contributed by atoms with Gasteiger partial charge >= 0.3 is 5.97 Å². The van der Waals surface area contributed by atoms with Gasteiger partial charge in [-0.15, -0.1) is 0 Å². The lowest BCUT2D eigenvalue weighted by atomic mass is 10.1. The number of rotatable bonds is 8. The Kier molecular flexibility index (Phi) is 11.2. The first-order chi connectivity index (χ1) is 11.2. The number of ether oxygens (including phenoxy) is 1. The van der Waals surface area contributed by atoms with Gasteiger partial charge in [-0.2, -0.15) is 0 Å². The van der Waals surface area contributed by atoms with Gasteiger partial charge in [0.1, 0.15) is 6.10 Å². The number of hydrogen-bond donors (Lipinski definition) is 1. The molecule has 130 valence electrons. The molecule has 1 fully saturated rings. The molecule has 0 radical (unpaired) electrons. The van der Waals surface area contributed by atoms with Crippen LogP contribution in [0, 0.1) is 0 Å². The Morgan fingerprint density at radius 1 is 1.09 bits per heavy atom. The third-order valence-corrected chi connectivity index (χ3v) is 4.02. The topological polar surface area (TPSA) is 46.5 Å². The van der Waals surface area contributed by atoms with E-state index < -0.39 is 12.2 Å². The average Bonchev–Trinajstić information content (AvgIpc) is 2.61. The fourth-order valence-corrected chi connectivity index (χ4v) is 2.59. The molecule has 3 nitrogen and oxygen atoms in total. The lowest BCUT2D eigenvalue weighted by Gasteiger charge is -2.18. The largest absolute Gasteiger partial charge is 0.455 e. The molecule has 0 aromatic heterocycles. The van der Waals surface area contributed by atoms with E-state index in [0.29, 0.717) is 12.8 Å². The van der Waals surface area contributed by atoms with Gasteiger partial charge in [0.05, 0.1) is 6.10 Å². The third-order valence-electron chi connectivity index (χ3n) is 4.02. The fraction of sp³-hybridized carbons (Fsp3) is 0.650. The highest BCUT2D eigenvalue weighted by atomic mass is 16.6. The van der Waals surface area contributed by atoms with Crippen LogP contribution in [-0.2, 0) is 9.53 Å². The summed E-state index contributed by atoms with van der Waals surface area (Å²) in [7, 11) is 0. The van der Waals surface area contributed by atoms with E-state index in [1.165, 1.54) is 25.7 Å². The summed E-state index contributed by atoms with van der Waals surface area (Å²) in [5, 5.41) is 10.1. The number of carbonyl (C=O) groups excluding carboxylic acids is 1. The molecule has 1 aliphatic heterocycles. The summed E-state index contributed by atoms with van der Waals surface area (Å²) in [6, 6.07) is 0. The van der Waals surface area contributed by atoms with Crippen molar-refractivity contribution in [2.24, 2.45) is 0 Å². The van der Waals surface area contributed by atoms with E-state index >= 15 is 0 Å². The quantitative estimate of drug-likeness (QED) is 0.394. The zero-order chi connectivity index (χ0) is 16.8. The van der Waals surface area contributed by atoms with E-state index in [9.17, 15) is 9.90 Å². The minimum absolute atomic E-state index is 0.212. The summed E-state index contributed by atoms with van der Waals surface area (Å²) in [6.45, 7) is 2.22. The van der Waals surface area contributed by atoms with Crippen LogP contribution in [-0.4, -0.2) is 23.3 Å². The molecule has 0 saturated carbocycles. The van der Waals surface area contributed by atoms with Crippen molar-refractivity contribution < 1.29 is 14.6 Å². The number of hydrogen-bond acceptors (Lipinski definition) is 3. The fourth-order valence-electron chi connectivity index (χ4n) is 2.59. The normalized spacial score (nSPS) is 24.0. The van der Waals surface area contributed by atoms with Gasteiger partial charge in [0, 0.05) is 6.42 Å². The second-order valence-electron chi connectivity index (χ2n) is 6.17. The van der Waals surface area contributed by atoms with E-state index in [2.05, 4.69) is 13.0 Å². The molecule has 0 aromatic carbocycles. The van der Waals surface area contributed by atoms with Crippen LogP contribution in [0.3, 0.4) is 0 Å². The number of unbranched alkanes of at least 4 members (excludes halogenated alkanes) is 4. The first-order valence-electron chi connectivity index (χ1n) is 9.11. The van der Waals surface area contributed by atoms with Crippen molar-refractivity contribution in [3.63, 3.8) is 0 Å². The van der Waals surface area contributed by atoms with Gasteiger partial charge in [-0.3, -0.25) is 4.79 Å². The minimum Gasteiger partial charge on any atom is -0.455 e. The van der Waals surface area contributed by atoms with Gasteiger partial charge in [0.15, 0.2) is 0 Å². The summed E-state index contributed by atoms with van der Waals surface area (Å²) in [6.07, 6.45) is 20.8. The summed E-state index contributed by atoms with van der Waals surface area (Å²) in [5.74, 6) is -0.212. The maximum atomic E-state index is 11.6. The molecule has 0 aliphatic carbocycles. The Morgan fingerprint density at radius 2 is 1.91 bits per heavy atom. The maximum absolute atomic E-state index is 11.6. The molecule has 1 aliphatic rings. The highest BCUT2D eigenvalue weighted by Gasteiger charge is 2.21. The van der Waals surface area contributed by atoms with Gasteiger partial charge in [0.2, 0.25) is 0 Å². The first kappa shape index (κ1) is 19.7. The number of allylic oxidation sites excluding steroid dienone is 5. The van der Waals surface area contributed by atoms with Crippen molar-refractivity contribution >= 4 is 5.97 Å². The second-order valence-corrected chi connectivity index (χ2v) is 6.17. The smallest absolute Gasteiger partial charge is 0.306 e. The van der Waals surface area contributed by atoms with Crippen LogP contribution in [0.5, 0.6) is 0 Å². The number of aliphatic hydroxyl groups is 1. The number of aliphatic hydroxyl groups excluding tert-OH is 1. The molecule has 1 saturated heterocycles.